The van der Waals surface area contributed by atoms with Crippen LogP contribution in [0, 0.1) is 6.92 Å². The van der Waals surface area contributed by atoms with Crippen LogP contribution in [0.4, 0.5) is 34.1 Å². The smallest absolute Gasteiger partial charge is 0.252 e. The summed E-state index contributed by atoms with van der Waals surface area (Å²) in [6.45, 7) is 36.2. The Balaban J connectivity index is 1.42. The van der Waals surface area contributed by atoms with Crippen molar-refractivity contribution in [3.8, 4) is 0 Å². The number of aryl methyl sites for hydroxylation is 1. The predicted octanol–water partition coefficient (Wildman–Crippen LogP) is 12.6. The van der Waals surface area contributed by atoms with Crippen molar-refractivity contribution >= 4 is 57.2 Å². The maximum atomic E-state index is 2.70. The number of anilines is 6. The molecule has 5 aromatic rings. The molecule has 3 heteroatoms. The normalized spacial score (nSPS) is 19.3. The standard InChI is InChI=1S/C53H63BN2/c1-32-26-43-47-44(27-32)56(40-21-17-19-36-46(40)53(14,15)31-51(36,10)11)42-29-34(49(5,6)7)23-25-38(42)54(47)37-24-22-33(48(2,3)4)28-41(37)55(43)39-20-16-18-35-45(39)52(12,13)30-50(35,8)9/h16-29H,30-31H2,1-15H3. The summed E-state index contributed by atoms with van der Waals surface area (Å²) in [5.74, 6) is 0. The van der Waals surface area contributed by atoms with E-state index in [0.29, 0.717) is 0 Å². The highest BCUT2D eigenvalue weighted by Gasteiger charge is 2.50. The minimum absolute atomic E-state index is 0.00971. The van der Waals surface area contributed by atoms with Crippen molar-refractivity contribution in [2.45, 2.75) is 149 Å². The van der Waals surface area contributed by atoms with E-state index in [4.69, 9.17) is 0 Å². The molecule has 0 bridgehead atoms. The molecule has 9 rings (SSSR count). The molecule has 56 heavy (non-hydrogen) atoms. The summed E-state index contributed by atoms with van der Waals surface area (Å²) in [6.07, 6.45) is 2.26. The predicted molar refractivity (Wildman–Crippen MR) is 244 cm³/mol. The summed E-state index contributed by atoms with van der Waals surface area (Å²) in [5, 5.41) is 0. The van der Waals surface area contributed by atoms with Gasteiger partial charge in [0.2, 0.25) is 0 Å². The van der Waals surface area contributed by atoms with E-state index in [2.05, 4.69) is 199 Å². The monoisotopic (exact) mass is 739 g/mol. The lowest BCUT2D eigenvalue weighted by atomic mass is 9.33. The number of hydrogen-bond acceptors (Lipinski definition) is 2. The Bertz CT molecular complexity index is 2310. The third kappa shape index (κ3) is 5.28. The van der Waals surface area contributed by atoms with E-state index >= 15 is 0 Å². The van der Waals surface area contributed by atoms with Gasteiger partial charge in [-0.3, -0.25) is 0 Å². The first kappa shape index (κ1) is 37.3. The van der Waals surface area contributed by atoms with E-state index in [0.717, 1.165) is 12.8 Å². The molecule has 0 fully saturated rings. The second-order valence-corrected chi connectivity index (χ2v) is 22.7. The lowest BCUT2D eigenvalue weighted by Crippen LogP contribution is -2.61. The van der Waals surface area contributed by atoms with Crippen molar-refractivity contribution in [1.29, 1.82) is 0 Å². The molecule has 288 valence electrons. The van der Waals surface area contributed by atoms with Gasteiger partial charge in [-0.1, -0.05) is 145 Å². The van der Waals surface area contributed by atoms with Crippen molar-refractivity contribution in [1.82, 2.24) is 0 Å². The minimum Gasteiger partial charge on any atom is -0.311 e. The Hall–Kier alpha value is -4.24. The zero-order valence-electron chi connectivity index (χ0n) is 37.0. The van der Waals surface area contributed by atoms with Crippen LogP contribution in [0.1, 0.15) is 149 Å². The van der Waals surface area contributed by atoms with E-state index in [-0.39, 0.29) is 39.2 Å². The van der Waals surface area contributed by atoms with Gasteiger partial charge in [-0.25, -0.2) is 0 Å². The Morgan fingerprint density at radius 1 is 0.464 bits per heavy atom. The molecule has 0 saturated heterocycles. The molecule has 5 aromatic carbocycles. The Labute approximate surface area is 338 Å². The highest BCUT2D eigenvalue weighted by molar-refractivity contribution is 7.00. The second-order valence-electron chi connectivity index (χ2n) is 22.7. The molecule has 0 unspecified atom stereocenters. The summed E-state index contributed by atoms with van der Waals surface area (Å²) in [4.78, 5) is 5.40. The molecule has 0 aromatic heterocycles. The van der Waals surface area contributed by atoms with Gasteiger partial charge in [-0.15, -0.1) is 0 Å². The third-order valence-corrected chi connectivity index (χ3v) is 14.1. The molecular weight excluding hydrogens is 675 g/mol. The van der Waals surface area contributed by atoms with Gasteiger partial charge in [-0.2, -0.15) is 0 Å². The molecule has 2 heterocycles. The summed E-state index contributed by atoms with van der Waals surface area (Å²) in [5.41, 5.74) is 22.5. The molecule has 0 spiro atoms. The van der Waals surface area contributed by atoms with E-state index in [1.54, 1.807) is 0 Å². The molecule has 2 aliphatic heterocycles. The van der Waals surface area contributed by atoms with Crippen LogP contribution < -0.4 is 26.2 Å². The van der Waals surface area contributed by atoms with Crippen LogP contribution in [-0.2, 0) is 32.5 Å². The van der Waals surface area contributed by atoms with E-state index in [1.807, 2.05) is 0 Å². The van der Waals surface area contributed by atoms with Crippen LogP contribution in [0.15, 0.2) is 84.9 Å². The average Bonchev–Trinajstić information content (AvgIpc) is 3.41. The van der Waals surface area contributed by atoms with Gasteiger partial charge >= 0.3 is 0 Å². The second kappa shape index (κ2) is 11.5. The van der Waals surface area contributed by atoms with Crippen molar-refractivity contribution in [2.75, 3.05) is 9.80 Å². The topological polar surface area (TPSA) is 6.48 Å². The van der Waals surface area contributed by atoms with Crippen LogP contribution >= 0.6 is 0 Å². The van der Waals surface area contributed by atoms with Gasteiger partial charge in [0.1, 0.15) is 0 Å². The number of benzene rings is 5. The van der Waals surface area contributed by atoms with E-state index in [1.165, 1.54) is 89.5 Å². The average molecular weight is 739 g/mol. The first-order valence-corrected chi connectivity index (χ1v) is 21.2. The Kier molecular flexibility index (Phi) is 7.64. The highest BCUT2D eigenvalue weighted by atomic mass is 15.2. The molecule has 0 atom stereocenters. The van der Waals surface area contributed by atoms with Crippen molar-refractivity contribution in [3.63, 3.8) is 0 Å². The molecule has 0 radical (unpaired) electrons. The number of hydrogen-bond donors (Lipinski definition) is 0. The van der Waals surface area contributed by atoms with Crippen LogP contribution in [0.3, 0.4) is 0 Å². The van der Waals surface area contributed by atoms with Gasteiger partial charge in [0.25, 0.3) is 6.71 Å². The number of fused-ring (bicyclic) bond motifs is 6. The van der Waals surface area contributed by atoms with E-state index in [9.17, 15) is 0 Å². The minimum atomic E-state index is 0.00971. The van der Waals surface area contributed by atoms with Crippen molar-refractivity contribution < 1.29 is 0 Å². The van der Waals surface area contributed by atoms with Crippen molar-refractivity contribution in [3.05, 3.63) is 124 Å². The SMILES string of the molecule is Cc1cc2c3c(c1)N(c1cccc4c1C(C)(C)CC4(C)C)c1cc(C(C)(C)C)ccc1B3c1ccc(C(C)(C)C)cc1N2c1cccc2c1C(C)(C)CC2(C)C. The molecule has 0 saturated carbocycles. The summed E-state index contributed by atoms with van der Waals surface area (Å²) >= 11 is 0. The zero-order chi connectivity index (χ0) is 40.3. The molecule has 0 N–H and O–H groups in total. The Morgan fingerprint density at radius 3 is 1.23 bits per heavy atom. The maximum absolute atomic E-state index is 2.70. The fourth-order valence-corrected chi connectivity index (χ4v) is 12.2. The van der Waals surface area contributed by atoms with Crippen LogP contribution in [0.5, 0.6) is 0 Å². The third-order valence-electron chi connectivity index (χ3n) is 14.1. The largest absolute Gasteiger partial charge is 0.311 e. The zero-order valence-corrected chi connectivity index (χ0v) is 37.0. The van der Waals surface area contributed by atoms with Crippen LogP contribution in [-0.4, -0.2) is 6.71 Å². The van der Waals surface area contributed by atoms with Gasteiger partial charge in [0.15, 0.2) is 0 Å². The first-order valence-electron chi connectivity index (χ1n) is 21.2. The lowest BCUT2D eigenvalue weighted by Gasteiger charge is -2.46. The van der Waals surface area contributed by atoms with Crippen LogP contribution in [0.25, 0.3) is 0 Å². The summed E-state index contributed by atoms with van der Waals surface area (Å²) < 4.78 is 0. The lowest BCUT2D eigenvalue weighted by molar-refractivity contribution is 0.403. The highest BCUT2D eigenvalue weighted by Crippen LogP contribution is 2.58. The Morgan fingerprint density at radius 2 is 0.857 bits per heavy atom. The van der Waals surface area contributed by atoms with Gasteiger partial charge in [0.05, 0.1) is 11.4 Å². The molecule has 0 amide bonds. The van der Waals surface area contributed by atoms with Crippen LogP contribution in [0.2, 0.25) is 0 Å². The summed E-state index contributed by atoms with van der Waals surface area (Å²) in [7, 11) is 0. The fourth-order valence-electron chi connectivity index (χ4n) is 12.2. The molecule has 4 aliphatic rings. The summed E-state index contributed by atoms with van der Waals surface area (Å²) in [6, 6.07) is 34.2. The maximum Gasteiger partial charge on any atom is 0.252 e. The van der Waals surface area contributed by atoms with Gasteiger partial charge in [0, 0.05) is 22.7 Å². The number of rotatable bonds is 2. The quantitative estimate of drug-likeness (QED) is 0.163. The molecular formula is C53H63BN2. The van der Waals surface area contributed by atoms with Gasteiger partial charge in [-0.05, 0) is 144 Å². The van der Waals surface area contributed by atoms with Gasteiger partial charge < -0.3 is 9.80 Å². The molecule has 2 aliphatic carbocycles. The first-order chi connectivity index (χ1) is 25.9. The van der Waals surface area contributed by atoms with E-state index < -0.39 is 0 Å². The van der Waals surface area contributed by atoms with Crippen molar-refractivity contribution in [2.24, 2.45) is 0 Å². The fraction of sp³-hybridized carbons (Fsp3) is 0.434. The molecule has 2 nitrogen and oxygen atoms in total. The number of nitrogens with zero attached hydrogens (tertiary/aromatic N) is 2.